The zero-order valence-electron chi connectivity index (χ0n) is 13.3. The second-order valence-corrected chi connectivity index (χ2v) is 6.41. The van der Waals surface area contributed by atoms with Crippen molar-refractivity contribution in [2.24, 2.45) is 0 Å². The summed E-state index contributed by atoms with van der Waals surface area (Å²) in [4.78, 5) is 12.6. The van der Waals surface area contributed by atoms with Crippen LogP contribution in [0.5, 0.6) is 5.75 Å². The van der Waals surface area contributed by atoms with E-state index in [2.05, 4.69) is 0 Å². The number of nitrogens with zero attached hydrogens (tertiary/aromatic N) is 2. The van der Waals surface area contributed by atoms with E-state index in [1.54, 1.807) is 11.3 Å². The van der Waals surface area contributed by atoms with Crippen LogP contribution in [0.25, 0.3) is 0 Å². The minimum Gasteiger partial charge on any atom is -0.494 e. The number of benzene rings is 1. The number of halogens is 1. The van der Waals surface area contributed by atoms with Crippen molar-refractivity contribution < 1.29 is 18.8 Å². The third-order valence-electron chi connectivity index (χ3n) is 3.96. The molecule has 0 aliphatic carbocycles. The molecule has 0 amide bonds. The summed E-state index contributed by atoms with van der Waals surface area (Å²) >= 11 is 1.57. The number of methoxy groups -OCH3 is 1. The van der Waals surface area contributed by atoms with Crippen molar-refractivity contribution in [2.75, 3.05) is 25.1 Å². The van der Waals surface area contributed by atoms with Gasteiger partial charge < -0.3 is 14.4 Å². The van der Waals surface area contributed by atoms with Gasteiger partial charge in [0.25, 0.3) is 5.69 Å². The van der Waals surface area contributed by atoms with Crippen molar-refractivity contribution in [3.8, 4) is 5.75 Å². The van der Waals surface area contributed by atoms with Gasteiger partial charge in [0.2, 0.25) is 0 Å². The normalized spacial score (nSPS) is 20.9. The van der Waals surface area contributed by atoms with E-state index in [9.17, 15) is 14.5 Å². The summed E-state index contributed by atoms with van der Waals surface area (Å²) in [5, 5.41) is 15.3. The van der Waals surface area contributed by atoms with Crippen LogP contribution < -0.4 is 9.64 Å². The minimum absolute atomic E-state index is 0.0122. The molecule has 0 bridgehead atoms. The summed E-state index contributed by atoms with van der Waals surface area (Å²) < 4.78 is 24.8. The number of hydrogen-bond acceptors (Lipinski definition) is 6. The van der Waals surface area contributed by atoms with Gasteiger partial charge in [-0.3, -0.25) is 10.1 Å². The Hall–Kier alpha value is -2.19. The predicted molar refractivity (Wildman–Crippen MR) is 89.4 cm³/mol. The molecule has 1 aliphatic rings. The number of nitro groups is 1. The molecule has 1 fully saturated rings. The van der Waals surface area contributed by atoms with Gasteiger partial charge in [0.1, 0.15) is 11.8 Å². The molecule has 2 unspecified atom stereocenters. The quantitative estimate of drug-likeness (QED) is 0.619. The SMILES string of the molecule is COc1cc(N2CC(C)OC(c3ccsc3)C2)c([N+](=O)[O-])cc1F. The lowest BCUT2D eigenvalue weighted by atomic mass is 10.1. The van der Waals surface area contributed by atoms with Crippen molar-refractivity contribution in [3.63, 3.8) is 0 Å². The lowest BCUT2D eigenvalue weighted by Gasteiger charge is -2.37. The van der Waals surface area contributed by atoms with Crippen LogP contribution in [-0.2, 0) is 4.74 Å². The maximum absolute atomic E-state index is 13.9. The molecule has 2 aromatic rings. The summed E-state index contributed by atoms with van der Waals surface area (Å²) in [5.74, 6) is -0.759. The highest BCUT2D eigenvalue weighted by Crippen LogP contribution is 2.38. The van der Waals surface area contributed by atoms with Crippen molar-refractivity contribution in [1.82, 2.24) is 0 Å². The number of ether oxygens (including phenoxy) is 2. The Balaban J connectivity index is 1.98. The second kappa shape index (κ2) is 6.74. The molecule has 24 heavy (non-hydrogen) atoms. The molecule has 0 radical (unpaired) electrons. The van der Waals surface area contributed by atoms with E-state index in [0.29, 0.717) is 18.8 Å². The summed E-state index contributed by atoms with van der Waals surface area (Å²) in [6, 6.07) is 4.27. The predicted octanol–water partition coefficient (Wildman–Crippen LogP) is 3.77. The summed E-state index contributed by atoms with van der Waals surface area (Å²) in [5.41, 5.74) is 1.10. The number of thiophene rings is 1. The van der Waals surface area contributed by atoms with E-state index in [0.717, 1.165) is 11.6 Å². The fourth-order valence-electron chi connectivity index (χ4n) is 2.88. The standard InChI is InChI=1S/C16H17FN2O4S/c1-10-7-18(8-16(23-10)11-3-4-24-9-11)13-6-15(22-2)12(17)5-14(13)19(20)21/h3-6,9-10,16H,7-8H2,1-2H3. The first kappa shape index (κ1) is 16.7. The Morgan fingerprint density at radius 1 is 1.46 bits per heavy atom. The Labute approximate surface area is 142 Å². The molecule has 2 heterocycles. The molecule has 1 aromatic carbocycles. The van der Waals surface area contributed by atoms with Gasteiger partial charge in [-0.15, -0.1) is 0 Å². The highest BCUT2D eigenvalue weighted by Gasteiger charge is 2.31. The number of nitro benzene ring substituents is 1. The van der Waals surface area contributed by atoms with Crippen LogP contribution in [0.15, 0.2) is 29.0 Å². The van der Waals surface area contributed by atoms with Gasteiger partial charge in [0.15, 0.2) is 11.6 Å². The van der Waals surface area contributed by atoms with Crippen LogP contribution in [0.1, 0.15) is 18.6 Å². The number of hydrogen-bond donors (Lipinski definition) is 0. The highest BCUT2D eigenvalue weighted by molar-refractivity contribution is 7.07. The third kappa shape index (κ3) is 3.20. The van der Waals surface area contributed by atoms with E-state index in [-0.39, 0.29) is 23.6 Å². The zero-order valence-corrected chi connectivity index (χ0v) is 14.1. The summed E-state index contributed by atoms with van der Waals surface area (Å²) in [6.45, 7) is 2.85. The van der Waals surface area contributed by atoms with E-state index < -0.39 is 10.7 Å². The molecule has 8 heteroatoms. The Morgan fingerprint density at radius 3 is 2.88 bits per heavy atom. The number of rotatable bonds is 4. The Kier molecular flexibility index (Phi) is 4.68. The van der Waals surface area contributed by atoms with E-state index >= 15 is 0 Å². The molecule has 1 saturated heterocycles. The molecule has 0 N–H and O–H groups in total. The van der Waals surface area contributed by atoms with Crippen molar-refractivity contribution in [3.05, 3.63) is 50.5 Å². The molecule has 0 spiro atoms. The largest absolute Gasteiger partial charge is 0.494 e. The zero-order chi connectivity index (χ0) is 17.3. The smallest absolute Gasteiger partial charge is 0.295 e. The first-order valence-electron chi connectivity index (χ1n) is 7.44. The molecule has 0 saturated carbocycles. The molecular weight excluding hydrogens is 335 g/mol. The summed E-state index contributed by atoms with van der Waals surface area (Å²) in [6.07, 6.45) is -0.296. The topological polar surface area (TPSA) is 64.8 Å². The maximum Gasteiger partial charge on any atom is 0.295 e. The van der Waals surface area contributed by atoms with Crippen LogP contribution >= 0.6 is 11.3 Å². The van der Waals surface area contributed by atoms with Gasteiger partial charge in [-0.2, -0.15) is 11.3 Å². The fourth-order valence-corrected chi connectivity index (χ4v) is 3.58. The van der Waals surface area contributed by atoms with Crippen LogP contribution in [0.2, 0.25) is 0 Å². The second-order valence-electron chi connectivity index (χ2n) is 5.63. The van der Waals surface area contributed by atoms with Crippen molar-refractivity contribution >= 4 is 22.7 Å². The molecule has 6 nitrogen and oxygen atoms in total. The van der Waals surface area contributed by atoms with E-state index in [1.807, 2.05) is 28.7 Å². The van der Waals surface area contributed by atoms with Gasteiger partial charge in [0, 0.05) is 19.2 Å². The number of morpholine rings is 1. The van der Waals surface area contributed by atoms with Gasteiger partial charge in [-0.1, -0.05) is 0 Å². The van der Waals surface area contributed by atoms with Gasteiger partial charge in [-0.25, -0.2) is 4.39 Å². The molecule has 2 atom stereocenters. The van der Waals surface area contributed by atoms with E-state index in [1.165, 1.54) is 13.2 Å². The van der Waals surface area contributed by atoms with Crippen LogP contribution in [0.4, 0.5) is 15.8 Å². The highest BCUT2D eigenvalue weighted by atomic mass is 32.1. The number of anilines is 1. The Bertz CT molecular complexity index is 738. The lowest BCUT2D eigenvalue weighted by Crippen LogP contribution is -2.43. The average molecular weight is 352 g/mol. The third-order valence-corrected chi connectivity index (χ3v) is 4.66. The van der Waals surface area contributed by atoms with Crippen LogP contribution in [-0.4, -0.2) is 31.2 Å². The van der Waals surface area contributed by atoms with Crippen LogP contribution in [0, 0.1) is 15.9 Å². The lowest BCUT2D eigenvalue weighted by molar-refractivity contribution is -0.384. The monoisotopic (exact) mass is 352 g/mol. The average Bonchev–Trinajstić information content (AvgIpc) is 3.08. The fraction of sp³-hybridized carbons (Fsp3) is 0.375. The molecule has 1 aromatic heterocycles. The van der Waals surface area contributed by atoms with Gasteiger partial charge in [-0.05, 0) is 29.3 Å². The van der Waals surface area contributed by atoms with Gasteiger partial charge >= 0.3 is 0 Å². The molecule has 128 valence electrons. The first-order valence-corrected chi connectivity index (χ1v) is 8.38. The van der Waals surface area contributed by atoms with Crippen LogP contribution in [0.3, 0.4) is 0 Å². The van der Waals surface area contributed by atoms with Crippen molar-refractivity contribution in [2.45, 2.75) is 19.1 Å². The molecule has 3 rings (SSSR count). The van der Waals surface area contributed by atoms with Crippen molar-refractivity contribution in [1.29, 1.82) is 0 Å². The first-order chi connectivity index (χ1) is 11.5. The van der Waals surface area contributed by atoms with Gasteiger partial charge in [0.05, 0.1) is 24.2 Å². The molecule has 1 aliphatic heterocycles. The summed E-state index contributed by atoms with van der Waals surface area (Å²) in [7, 11) is 1.34. The van der Waals surface area contributed by atoms with E-state index in [4.69, 9.17) is 9.47 Å². The maximum atomic E-state index is 13.9. The Morgan fingerprint density at radius 2 is 2.25 bits per heavy atom. The molecular formula is C16H17FN2O4S. The minimum atomic E-state index is -0.747.